The Bertz CT molecular complexity index is 767. The first-order chi connectivity index (χ1) is 11.1. The van der Waals surface area contributed by atoms with Crippen LogP contribution in [0.3, 0.4) is 0 Å². The normalized spacial score (nSPS) is 12.9. The molecule has 118 valence electrons. The van der Waals surface area contributed by atoms with Crippen molar-refractivity contribution in [3.8, 4) is 5.75 Å². The number of anilines is 1. The Hall–Kier alpha value is -2.62. The van der Waals surface area contributed by atoms with Crippen LogP contribution in [0.4, 0.5) is 5.69 Å². The van der Waals surface area contributed by atoms with Crippen molar-refractivity contribution in [1.82, 2.24) is 0 Å². The molecule has 4 heteroatoms. The molecule has 4 nitrogen and oxygen atoms in total. The van der Waals surface area contributed by atoms with Crippen molar-refractivity contribution >= 4 is 17.4 Å². The number of para-hydroxylation sites is 1. The van der Waals surface area contributed by atoms with E-state index in [9.17, 15) is 9.59 Å². The summed E-state index contributed by atoms with van der Waals surface area (Å²) in [7, 11) is 0. The summed E-state index contributed by atoms with van der Waals surface area (Å²) < 4.78 is 5.64. The number of carbonyl (C=O) groups is 2. The molecule has 1 aliphatic rings. The standard InChI is InChI=1S/C19H19NO3/c1-13-5-3-4-6-18(13)23-12-19(22)20-10-9-16-11-15(14(2)21)7-8-17(16)20/h3-8,11H,9-10,12H2,1-2H3. The molecule has 0 N–H and O–H groups in total. The first-order valence-corrected chi connectivity index (χ1v) is 7.69. The molecule has 0 bridgehead atoms. The van der Waals surface area contributed by atoms with Crippen molar-refractivity contribution in [1.29, 1.82) is 0 Å². The van der Waals surface area contributed by atoms with Gasteiger partial charge in [-0.15, -0.1) is 0 Å². The smallest absolute Gasteiger partial charge is 0.264 e. The number of nitrogens with zero attached hydrogens (tertiary/aromatic N) is 1. The number of carbonyl (C=O) groups excluding carboxylic acids is 2. The number of ether oxygens (including phenoxy) is 1. The Labute approximate surface area is 135 Å². The van der Waals surface area contributed by atoms with Crippen LogP contribution in [0, 0.1) is 6.92 Å². The van der Waals surface area contributed by atoms with E-state index in [-0.39, 0.29) is 18.3 Å². The van der Waals surface area contributed by atoms with Crippen LogP contribution in [-0.2, 0) is 11.2 Å². The number of benzene rings is 2. The lowest BCUT2D eigenvalue weighted by atomic mass is 10.1. The number of hydrogen-bond acceptors (Lipinski definition) is 3. The van der Waals surface area contributed by atoms with Gasteiger partial charge in [-0.25, -0.2) is 0 Å². The lowest BCUT2D eigenvalue weighted by Gasteiger charge is -2.18. The molecule has 0 saturated heterocycles. The SMILES string of the molecule is CC(=O)c1ccc2c(c1)CCN2C(=O)COc1ccccc1C. The molecule has 0 aliphatic carbocycles. The maximum atomic E-state index is 12.4. The number of rotatable bonds is 4. The minimum Gasteiger partial charge on any atom is -0.483 e. The van der Waals surface area contributed by atoms with E-state index >= 15 is 0 Å². The summed E-state index contributed by atoms with van der Waals surface area (Å²) in [5.74, 6) is 0.704. The number of hydrogen-bond donors (Lipinski definition) is 0. The molecule has 2 aromatic carbocycles. The molecule has 0 aromatic heterocycles. The van der Waals surface area contributed by atoms with Gasteiger partial charge in [-0.05, 0) is 55.7 Å². The zero-order chi connectivity index (χ0) is 16.4. The van der Waals surface area contributed by atoms with Gasteiger partial charge in [0.05, 0.1) is 0 Å². The number of ketones is 1. The lowest BCUT2D eigenvalue weighted by molar-refractivity contribution is -0.120. The van der Waals surface area contributed by atoms with Crippen molar-refractivity contribution in [2.45, 2.75) is 20.3 Å². The molecular weight excluding hydrogens is 290 g/mol. The van der Waals surface area contributed by atoms with Crippen molar-refractivity contribution in [2.75, 3.05) is 18.1 Å². The average Bonchev–Trinajstić information content (AvgIpc) is 2.97. The fraction of sp³-hybridized carbons (Fsp3) is 0.263. The van der Waals surface area contributed by atoms with Gasteiger partial charge < -0.3 is 9.64 Å². The number of aryl methyl sites for hydroxylation is 1. The van der Waals surface area contributed by atoms with Crippen LogP contribution in [0.5, 0.6) is 5.75 Å². The van der Waals surface area contributed by atoms with Crippen molar-refractivity contribution in [2.24, 2.45) is 0 Å². The second kappa shape index (κ2) is 6.24. The Morgan fingerprint density at radius 1 is 1.17 bits per heavy atom. The molecule has 0 radical (unpaired) electrons. The van der Waals surface area contributed by atoms with Crippen molar-refractivity contribution in [3.63, 3.8) is 0 Å². The van der Waals surface area contributed by atoms with E-state index < -0.39 is 0 Å². The molecule has 0 fully saturated rings. The highest BCUT2D eigenvalue weighted by atomic mass is 16.5. The summed E-state index contributed by atoms with van der Waals surface area (Å²) in [6, 6.07) is 13.1. The number of amides is 1. The summed E-state index contributed by atoms with van der Waals surface area (Å²) in [4.78, 5) is 25.6. The second-order valence-corrected chi connectivity index (χ2v) is 5.75. The van der Waals surface area contributed by atoms with Crippen molar-refractivity contribution in [3.05, 3.63) is 59.2 Å². The largest absolute Gasteiger partial charge is 0.483 e. The predicted octanol–water partition coefficient (Wildman–Crippen LogP) is 3.17. The fourth-order valence-electron chi connectivity index (χ4n) is 2.82. The quantitative estimate of drug-likeness (QED) is 0.815. The molecule has 0 unspecified atom stereocenters. The highest BCUT2D eigenvalue weighted by Crippen LogP contribution is 2.29. The average molecular weight is 309 g/mol. The van der Waals surface area contributed by atoms with E-state index in [1.165, 1.54) is 0 Å². The van der Waals surface area contributed by atoms with E-state index in [2.05, 4.69) is 0 Å². The second-order valence-electron chi connectivity index (χ2n) is 5.75. The van der Waals surface area contributed by atoms with Gasteiger partial charge >= 0.3 is 0 Å². The Balaban J connectivity index is 1.71. The molecule has 3 rings (SSSR count). The molecule has 0 spiro atoms. The van der Waals surface area contributed by atoms with Crippen LogP contribution in [0.1, 0.15) is 28.4 Å². The topological polar surface area (TPSA) is 46.6 Å². The van der Waals surface area contributed by atoms with E-state index in [0.29, 0.717) is 12.1 Å². The Kier molecular flexibility index (Phi) is 4.15. The predicted molar refractivity (Wildman–Crippen MR) is 89.2 cm³/mol. The van der Waals surface area contributed by atoms with E-state index in [4.69, 9.17) is 4.74 Å². The van der Waals surface area contributed by atoms with E-state index in [1.807, 2.05) is 43.3 Å². The van der Waals surface area contributed by atoms with Gasteiger partial charge in [0.2, 0.25) is 0 Å². The third kappa shape index (κ3) is 3.11. The van der Waals surface area contributed by atoms with Gasteiger partial charge in [0.25, 0.3) is 5.91 Å². The Morgan fingerprint density at radius 2 is 1.96 bits per heavy atom. The summed E-state index contributed by atoms with van der Waals surface area (Å²) in [5, 5.41) is 0. The summed E-state index contributed by atoms with van der Waals surface area (Å²) in [6.45, 7) is 4.15. The maximum absolute atomic E-state index is 12.4. The monoisotopic (exact) mass is 309 g/mol. The third-order valence-corrected chi connectivity index (χ3v) is 4.13. The molecule has 0 saturated carbocycles. The molecule has 2 aromatic rings. The summed E-state index contributed by atoms with van der Waals surface area (Å²) in [6.07, 6.45) is 0.770. The summed E-state index contributed by atoms with van der Waals surface area (Å²) >= 11 is 0. The van der Waals surface area contributed by atoms with Crippen molar-refractivity contribution < 1.29 is 14.3 Å². The zero-order valence-electron chi connectivity index (χ0n) is 13.3. The molecule has 1 amide bonds. The van der Waals surface area contributed by atoms with Gasteiger partial charge in [0, 0.05) is 17.8 Å². The van der Waals surface area contributed by atoms with Gasteiger partial charge in [-0.2, -0.15) is 0 Å². The molecule has 0 atom stereocenters. The molecular formula is C19H19NO3. The van der Waals surface area contributed by atoms with Crippen LogP contribution in [0.15, 0.2) is 42.5 Å². The van der Waals surface area contributed by atoms with Crippen LogP contribution in [0.25, 0.3) is 0 Å². The number of Topliss-reactive ketones (excluding diaryl/α,β-unsaturated/α-hetero) is 1. The fourth-order valence-corrected chi connectivity index (χ4v) is 2.82. The van der Waals surface area contributed by atoms with E-state index in [1.54, 1.807) is 17.9 Å². The van der Waals surface area contributed by atoms with E-state index in [0.717, 1.165) is 29.0 Å². The van der Waals surface area contributed by atoms with Crippen LogP contribution in [-0.4, -0.2) is 24.8 Å². The minimum atomic E-state index is -0.0671. The van der Waals surface area contributed by atoms with Crippen LogP contribution >= 0.6 is 0 Å². The van der Waals surface area contributed by atoms with Gasteiger partial charge in [0.15, 0.2) is 12.4 Å². The van der Waals surface area contributed by atoms with Gasteiger partial charge in [-0.3, -0.25) is 9.59 Å². The van der Waals surface area contributed by atoms with Crippen LogP contribution in [0.2, 0.25) is 0 Å². The van der Waals surface area contributed by atoms with Gasteiger partial charge in [0.1, 0.15) is 5.75 Å². The minimum absolute atomic E-state index is 0.0127. The Morgan fingerprint density at radius 3 is 2.70 bits per heavy atom. The highest BCUT2D eigenvalue weighted by molar-refractivity contribution is 5.99. The first kappa shape index (κ1) is 15.3. The third-order valence-electron chi connectivity index (χ3n) is 4.13. The maximum Gasteiger partial charge on any atom is 0.264 e. The molecule has 1 aliphatic heterocycles. The number of fused-ring (bicyclic) bond motifs is 1. The lowest BCUT2D eigenvalue weighted by Crippen LogP contribution is -2.33. The molecule has 1 heterocycles. The van der Waals surface area contributed by atoms with Crippen LogP contribution < -0.4 is 9.64 Å². The molecule has 23 heavy (non-hydrogen) atoms. The zero-order valence-corrected chi connectivity index (χ0v) is 13.3. The van der Waals surface area contributed by atoms with Gasteiger partial charge in [-0.1, -0.05) is 18.2 Å². The highest BCUT2D eigenvalue weighted by Gasteiger charge is 2.25. The first-order valence-electron chi connectivity index (χ1n) is 7.69. The summed E-state index contributed by atoms with van der Waals surface area (Å²) in [5.41, 5.74) is 3.62.